The van der Waals surface area contributed by atoms with Crippen LogP contribution in [0.3, 0.4) is 0 Å². The smallest absolute Gasteiger partial charge is 0.222 e. The van der Waals surface area contributed by atoms with E-state index in [0.29, 0.717) is 29.3 Å². The number of fused-ring (bicyclic) bond motifs is 1. The van der Waals surface area contributed by atoms with Crippen LogP contribution in [0.2, 0.25) is 10.4 Å². The molecule has 1 atom stereocenters. The molecule has 0 bridgehead atoms. The van der Waals surface area contributed by atoms with Gasteiger partial charge in [-0.1, -0.05) is 11.6 Å². The predicted molar refractivity (Wildman–Crippen MR) is 68.6 cm³/mol. The van der Waals surface area contributed by atoms with Gasteiger partial charge in [0, 0.05) is 17.5 Å². The molecule has 0 N–H and O–H groups in total. The number of halogens is 4. The molecular weight excluding hydrogens is 293 g/mol. The van der Waals surface area contributed by atoms with E-state index in [0.717, 1.165) is 11.6 Å². The van der Waals surface area contributed by atoms with Crippen molar-refractivity contribution in [2.24, 2.45) is 0 Å². The van der Waals surface area contributed by atoms with Gasteiger partial charge in [0.25, 0.3) is 0 Å². The van der Waals surface area contributed by atoms with Crippen molar-refractivity contribution in [2.45, 2.75) is 18.8 Å². The number of rotatable bonds is 1. The molecule has 3 rings (SSSR count). The molecule has 1 aromatic carbocycles. The van der Waals surface area contributed by atoms with Gasteiger partial charge in [0.05, 0.1) is 5.69 Å². The first-order chi connectivity index (χ1) is 9.04. The minimum absolute atomic E-state index is 0.0486. The van der Waals surface area contributed by atoms with E-state index in [-0.39, 0.29) is 11.2 Å². The summed E-state index contributed by atoms with van der Waals surface area (Å²) in [6, 6.07) is 3.47. The highest BCUT2D eigenvalue weighted by Gasteiger charge is 2.29. The molecule has 1 unspecified atom stereocenters. The van der Waals surface area contributed by atoms with Gasteiger partial charge in [0.1, 0.15) is 16.8 Å². The molecule has 0 amide bonds. The van der Waals surface area contributed by atoms with Crippen LogP contribution in [0.15, 0.2) is 18.2 Å². The molecule has 98 valence electrons. The Bertz CT molecular complexity index is 641. The standard InChI is InChI=1S/C13H8Cl2F2N2/c14-12-10-2-1-9(11(10)18-13(15)19-12)6-3-7(16)5-8(17)4-6/h3-5,9H,1-2H2. The van der Waals surface area contributed by atoms with Crippen molar-refractivity contribution in [3.8, 4) is 0 Å². The maximum absolute atomic E-state index is 13.3. The van der Waals surface area contributed by atoms with E-state index in [2.05, 4.69) is 9.97 Å². The average Bonchev–Trinajstić information content (AvgIpc) is 2.71. The Hall–Kier alpha value is -1.26. The van der Waals surface area contributed by atoms with Gasteiger partial charge in [-0.2, -0.15) is 0 Å². The molecule has 0 saturated carbocycles. The number of nitrogens with zero attached hydrogens (tertiary/aromatic N) is 2. The third-order valence-electron chi connectivity index (χ3n) is 3.26. The van der Waals surface area contributed by atoms with E-state index < -0.39 is 11.6 Å². The molecule has 0 saturated heterocycles. The maximum Gasteiger partial charge on any atom is 0.224 e. The van der Waals surface area contributed by atoms with Crippen molar-refractivity contribution in [1.82, 2.24) is 9.97 Å². The Morgan fingerprint density at radius 2 is 1.74 bits per heavy atom. The normalized spacial score (nSPS) is 17.6. The molecule has 1 aliphatic rings. The zero-order valence-electron chi connectivity index (χ0n) is 9.63. The Kier molecular flexibility index (Phi) is 3.15. The van der Waals surface area contributed by atoms with Crippen LogP contribution in [0.4, 0.5) is 8.78 Å². The van der Waals surface area contributed by atoms with E-state index in [4.69, 9.17) is 23.2 Å². The molecule has 0 spiro atoms. The second kappa shape index (κ2) is 4.69. The van der Waals surface area contributed by atoms with Gasteiger partial charge in [-0.25, -0.2) is 18.7 Å². The van der Waals surface area contributed by atoms with Gasteiger partial charge in [-0.3, -0.25) is 0 Å². The SMILES string of the molecule is Fc1cc(F)cc(C2CCc3c(Cl)nc(Cl)nc32)c1. The quantitative estimate of drug-likeness (QED) is 0.584. The first-order valence-corrected chi connectivity index (χ1v) is 6.48. The third kappa shape index (κ3) is 2.30. The van der Waals surface area contributed by atoms with Gasteiger partial charge >= 0.3 is 0 Å². The summed E-state index contributed by atoms with van der Waals surface area (Å²) in [5, 5.41) is 0.363. The Labute approximate surface area is 118 Å². The minimum Gasteiger partial charge on any atom is -0.222 e. The molecule has 0 aliphatic heterocycles. The first-order valence-electron chi connectivity index (χ1n) is 5.72. The Morgan fingerprint density at radius 1 is 1.05 bits per heavy atom. The Morgan fingerprint density at radius 3 is 2.42 bits per heavy atom. The van der Waals surface area contributed by atoms with Gasteiger partial charge in [-0.05, 0) is 42.1 Å². The number of benzene rings is 1. The van der Waals surface area contributed by atoms with Crippen molar-refractivity contribution >= 4 is 23.2 Å². The average molecular weight is 301 g/mol. The summed E-state index contributed by atoms with van der Waals surface area (Å²) in [5.41, 5.74) is 2.01. The van der Waals surface area contributed by atoms with Crippen molar-refractivity contribution < 1.29 is 8.78 Å². The summed E-state index contributed by atoms with van der Waals surface area (Å²) in [5.74, 6) is -1.40. The third-order valence-corrected chi connectivity index (χ3v) is 3.74. The van der Waals surface area contributed by atoms with Crippen LogP contribution in [0.25, 0.3) is 0 Å². The van der Waals surface area contributed by atoms with Crippen LogP contribution < -0.4 is 0 Å². The van der Waals surface area contributed by atoms with Crippen molar-refractivity contribution in [3.05, 3.63) is 57.1 Å². The topological polar surface area (TPSA) is 25.8 Å². The van der Waals surface area contributed by atoms with E-state index >= 15 is 0 Å². The fourth-order valence-electron chi connectivity index (χ4n) is 2.49. The van der Waals surface area contributed by atoms with Gasteiger partial charge in [0.2, 0.25) is 5.28 Å². The monoisotopic (exact) mass is 300 g/mol. The summed E-state index contributed by atoms with van der Waals surface area (Å²) in [4.78, 5) is 8.04. The van der Waals surface area contributed by atoms with E-state index in [1.165, 1.54) is 12.1 Å². The van der Waals surface area contributed by atoms with E-state index in [1.807, 2.05) is 0 Å². The summed E-state index contributed by atoms with van der Waals surface area (Å²) < 4.78 is 26.6. The second-order valence-corrected chi connectivity index (χ2v) is 5.14. The first kappa shape index (κ1) is 12.8. The van der Waals surface area contributed by atoms with Crippen LogP contribution in [0, 0.1) is 11.6 Å². The van der Waals surface area contributed by atoms with Crippen LogP contribution in [0.1, 0.15) is 29.2 Å². The lowest BCUT2D eigenvalue weighted by Crippen LogP contribution is -2.02. The molecule has 1 aromatic heterocycles. The fraction of sp³-hybridized carbons (Fsp3) is 0.231. The maximum atomic E-state index is 13.3. The highest BCUT2D eigenvalue weighted by atomic mass is 35.5. The molecule has 2 aromatic rings. The predicted octanol–water partition coefficient (Wildman–Crippen LogP) is 4.14. The second-order valence-electron chi connectivity index (χ2n) is 4.44. The number of hydrogen-bond acceptors (Lipinski definition) is 2. The van der Waals surface area contributed by atoms with Crippen molar-refractivity contribution in [2.75, 3.05) is 0 Å². The molecule has 1 heterocycles. The molecule has 19 heavy (non-hydrogen) atoms. The summed E-state index contributed by atoms with van der Waals surface area (Å²) in [7, 11) is 0. The van der Waals surface area contributed by atoms with Gasteiger partial charge in [0.15, 0.2) is 0 Å². The largest absolute Gasteiger partial charge is 0.224 e. The molecule has 1 aliphatic carbocycles. The number of hydrogen-bond donors (Lipinski definition) is 0. The van der Waals surface area contributed by atoms with Crippen LogP contribution >= 0.6 is 23.2 Å². The van der Waals surface area contributed by atoms with Crippen LogP contribution in [-0.4, -0.2) is 9.97 Å². The lowest BCUT2D eigenvalue weighted by atomic mass is 9.96. The lowest BCUT2D eigenvalue weighted by molar-refractivity contribution is 0.576. The van der Waals surface area contributed by atoms with Crippen LogP contribution in [-0.2, 0) is 6.42 Å². The molecule has 0 radical (unpaired) electrons. The fourth-order valence-corrected chi connectivity index (χ4v) is 2.98. The highest BCUT2D eigenvalue weighted by Crippen LogP contribution is 2.40. The number of aromatic nitrogens is 2. The summed E-state index contributed by atoms with van der Waals surface area (Å²) in [6.45, 7) is 0. The molecular formula is C13H8Cl2F2N2. The highest BCUT2D eigenvalue weighted by molar-refractivity contribution is 6.32. The van der Waals surface area contributed by atoms with E-state index in [9.17, 15) is 8.78 Å². The van der Waals surface area contributed by atoms with Crippen molar-refractivity contribution in [3.63, 3.8) is 0 Å². The van der Waals surface area contributed by atoms with Crippen molar-refractivity contribution in [1.29, 1.82) is 0 Å². The molecule has 0 fully saturated rings. The summed E-state index contributed by atoms with van der Waals surface area (Å²) in [6.07, 6.45) is 1.36. The summed E-state index contributed by atoms with van der Waals surface area (Å²) >= 11 is 11.8. The van der Waals surface area contributed by atoms with Gasteiger partial charge in [-0.15, -0.1) is 0 Å². The molecule has 6 heteroatoms. The zero-order valence-corrected chi connectivity index (χ0v) is 11.1. The van der Waals surface area contributed by atoms with Gasteiger partial charge < -0.3 is 0 Å². The van der Waals surface area contributed by atoms with E-state index in [1.54, 1.807) is 0 Å². The molecule has 2 nitrogen and oxygen atoms in total. The minimum atomic E-state index is -0.602. The lowest BCUT2D eigenvalue weighted by Gasteiger charge is -2.11. The zero-order chi connectivity index (χ0) is 13.6. The van der Waals surface area contributed by atoms with Crippen LogP contribution in [0.5, 0.6) is 0 Å². The Balaban J connectivity index is 2.11.